The molecule has 0 aromatic heterocycles. The highest BCUT2D eigenvalue weighted by Gasteiger charge is 2.26. The van der Waals surface area contributed by atoms with E-state index in [2.05, 4.69) is 34.1 Å². The van der Waals surface area contributed by atoms with Crippen molar-refractivity contribution in [2.24, 2.45) is 0 Å². The molecule has 0 N–H and O–H groups in total. The third-order valence-corrected chi connectivity index (χ3v) is 4.57. The van der Waals surface area contributed by atoms with E-state index >= 15 is 0 Å². The van der Waals surface area contributed by atoms with E-state index in [1.54, 1.807) is 0 Å². The molecular formula is C16H11BrClNS. The average molecular weight is 365 g/mol. The van der Waals surface area contributed by atoms with Crippen molar-refractivity contribution in [1.29, 1.82) is 0 Å². The zero-order valence-corrected chi connectivity index (χ0v) is 13.9. The number of rotatable bonds is 1. The lowest BCUT2D eigenvalue weighted by atomic mass is 10.0. The number of thiocarbonyl (C=S) groups is 1. The van der Waals surface area contributed by atoms with E-state index in [1.165, 1.54) is 0 Å². The molecule has 1 heterocycles. The van der Waals surface area contributed by atoms with Crippen molar-refractivity contribution >= 4 is 62.1 Å². The summed E-state index contributed by atoms with van der Waals surface area (Å²) in [4.78, 5) is 2.88. The largest absolute Gasteiger partial charge is 0.335 e. The van der Waals surface area contributed by atoms with E-state index in [1.807, 2.05) is 42.3 Å². The van der Waals surface area contributed by atoms with Crippen LogP contribution in [0.3, 0.4) is 0 Å². The van der Waals surface area contributed by atoms with E-state index in [4.69, 9.17) is 23.8 Å². The lowest BCUT2D eigenvalue weighted by Crippen LogP contribution is -2.18. The van der Waals surface area contributed by atoms with Crippen LogP contribution in [0.1, 0.15) is 11.1 Å². The molecule has 4 heteroatoms. The Balaban J connectivity index is 2.13. The van der Waals surface area contributed by atoms with Gasteiger partial charge in [0.1, 0.15) is 4.99 Å². The molecular weight excluding hydrogens is 354 g/mol. The first-order valence-electron chi connectivity index (χ1n) is 6.11. The molecule has 1 aliphatic rings. The van der Waals surface area contributed by atoms with E-state index in [9.17, 15) is 0 Å². The number of nitrogens with zero attached hydrogens (tertiary/aromatic N) is 1. The highest BCUT2D eigenvalue weighted by atomic mass is 79.9. The molecule has 2 aromatic carbocycles. The monoisotopic (exact) mass is 363 g/mol. The highest BCUT2D eigenvalue weighted by Crippen LogP contribution is 2.39. The summed E-state index contributed by atoms with van der Waals surface area (Å²) in [5, 5.41) is 0.737. The fourth-order valence-corrected chi connectivity index (χ4v) is 3.04. The Morgan fingerprint density at radius 2 is 1.85 bits per heavy atom. The molecule has 0 saturated heterocycles. The van der Waals surface area contributed by atoms with Gasteiger partial charge >= 0.3 is 0 Å². The number of hydrogen-bond donors (Lipinski definition) is 0. The second kappa shape index (κ2) is 5.32. The van der Waals surface area contributed by atoms with E-state index in [0.29, 0.717) is 0 Å². The van der Waals surface area contributed by atoms with Gasteiger partial charge in [0, 0.05) is 33.4 Å². The number of hydrogen-bond acceptors (Lipinski definition) is 1. The number of anilines is 1. The maximum Gasteiger partial charge on any atom is 0.114 e. The lowest BCUT2D eigenvalue weighted by molar-refractivity contribution is 1.32. The van der Waals surface area contributed by atoms with Gasteiger partial charge in [-0.15, -0.1) is 0 Å². The Morgan fingerprint density at radius 1 is 1.15 bits per heavy atom. The normalized spacial score (nSPS) is 15.8. The Labute approximate surface area is 137 Å². The van der Waals surface area contributed by atoms with Crippen LogP contribution >= 0.6 is 39.7 Å². The maximum absolute atomic E-state index is 5.92. The van der Waals surface area contributed by atoms with Crippen molar-refractivity contribution in [3.8, 4) is 0 Å². The van der Waals surface area contributed by atoms with Gasteiger partial charge in [-0.1, -0.05) is 51.9 Å². The third-order valence-electron chi connectivity index (χ3n) is 3.33. The molecule has 100 valence electrons. The maximum atomic E-state index is 5.92. The predicted octanol–water partition coefficient (Wildman–Crippen LogP) is 5.42. The summed E-state index contributed by atoms with van der Waals surface area (Å²) in [6, 6.07) is 14.0. The summed E-state index contributed by atoms with van der Waals surface area (Å²) in [6.45, 7) is 0. The number of halogens is 2. The summed E-state index contributed by atoms with van der Waals surface area (Å²) >= 11 is 15.0. The smallest absolute Gasteiger partial charge is 0.114 e. The fraction of sp³-hybridized carbons (Fsp3) is 0.0625. The predicted molar refractivity (Wildman–Crippen MR) is 94.5 cm³/mol. The Bertz CT molecular complexity index is 722. The SMILES string of the molecule is CN1C(=S)/C(=C/c2ccc(Cl)cc2)c2cc(Br)ccc21. The van der Waals surface area contributed by atoms with E-state index in [0.717, 1.165) is 36.9 Å². The van der Waals surface area contributed by atoms with E-state index < -0.39 is 0 Å². The van der Waals surface area contributed by atoms with Crippen LogP contribution in [0.5, 0.6) is 0 Å². The van der Waals surface area contributed by atoms with Crippen LogP contribution < -0.4 is 4.90 Å². The summed E-state index contributed by atoms with van der Waals surface area (Å²) in [5.74, 6) is 0. The topological polar surface area (TPSA) is 3.24 Å². The molecule has 0 atom stereocenters. The van der Waals surface area contributed by atoms with Crippen LogP contribution in [0.25, 0.3) is 11.6 Å². The standard InChI is InChI=1S/C16H11BrClNS/c1-19-15-7-4-11(17)9-13(15)14(16(19)20)8-10-2-5-12(18)6-3-10/h2-9H,1H3/b14-8+. The molecule has 0 bridgehead atoms. The van der Waals surface area contributed by atoms with Crippen LogP contribution in [-0.4, -0.2) is 12.0 Å². The molecule has 0 spiro atoms. The molecule has 0 amide bonds. The minimum absolute atomic E-state index is 0.737. The van der Waals surface area contributed by atoms with Crippen LogP contribution in [0.15, 0.2) is 46.9 Å². The van der Waals surface area contributed by atoms with Gasteiger partial charge in [0.25, 0.3) is 0 Å². The molecule has 0 fully saturated rings. The van der Waals surface area contributed by atoms with Crippen molar-refractivity contribution in [1.82, 2.24) is 0 Å². The quantitative estimate of drug-likeness (QED) is 0.491. The summed E-state index contributed by atoms with van der Waals surface area (Å²) in [7, 11) is 2.00. The molecule has 0 aliphatic carbocycles. The first kappa shape index (κ1) is 13.8. The van der Waals surface area contributed by atoms with Crippen molar-refractivity contribution in [3.63, 3.8) is 0 Å². The molecule has 0 radical (unpaired) electrons. The van der Waals surface area contributed by atoms with Gasteiger partial charge in [0.2, 0.25) is 0 Å². The number of likely N-dealkylation sites (N-methyl/N-ethyl adjacent to an activating group) is 1. The highest BCUT2D eigenvalue weighted by molar-refractivity contribution is 9.10. The average Bonchev–Trinajstić information content (AvgIpc) is 2.66. The van der Waals surface area contributed by atoms with Gasteiger partial charge in [0.15, 0.2) is 0 Å². The Kier molecular flexibility index (Phi) is 3.67. The summed E-state index contributed by atoms with van der Waals surface area (Å²) in [5.41, 5.74) is 4.45. The van der Waals surface area contributed by atoms with Gasteiger partial charge in [-0.25, -0.2) is 0 Å². The van der Waals surface area contributed by atoms with E-state index in [-0.39, 0.29) is 0 Å². The van der Waals surface area contributed by atoms with Crippen LogP contribution in [0.4, 0.5) is 5.69 Å². The number of fused-ring (bicyclic) bond motifs is 1. The van der Waals surface area contributed by atoms with Gasteiger partial charge in [0.05, 0.1) is 0 Å². The fourth-order valence-electron chi connectivity index (χ4n) is 2.29. The van der Waals surface area contributed by atoms with Crippen molar-refractivity contribution in [2.75, 3.05) is 11.9 Å². The second-order valence-electron chi connectivity index (χ2n) is 4.64. The first-order chi connectivity index (χ1) is 9.56. The van der Waals surface area contributed by atoms with Crippen LogP contribution in [-0.2, 0) is 0 Å². The molecule has 1 nitrogen and oxygen atoms in total. The van der Waals surface area contributed by atoms with Gasteiger partial charge < -0.3 is 4.90 Å². The summed E-state index contributed by atoms with van der Waals surface area (Å²) in [6.07, 6.45) is 2.10. The minimum atomic E-state index is 0.737. The lowest BCUT2D eigenvalue weighted by Gasteiger charge is -2.11. The second-order valence-corrected chi connectivity index (χ2v) is 6.37. The molecule has 20 heavy (non-hydrogen) atoms. The minimum Gasteiger partial charge on any atom is -0.335 e. The summed E-state index contributed by atoms with van der Waals surface area (Å²) < 4.78 is 1.05. The Morgan fingerprint density at radius 3 is 2.55 bits per heavy atom. The zero-order chi connectivity index (χ0) is 14.3. The molecule has 1 aliphatic heterocycles. The molecule has 2 aromatic rings. The van der Waals surface area contributed by atoms with Crippen molar-refractivity contribution < 1.29 is 0 Å². The van der Waals surface area contributed by atoms with Crippen molar-refractivity contribution in [3.05, 3.63) is 63.1 Å². The Hall–Kier alpha value is -1.16. The number of benzene rings is 2. The molecule has 0 saturated carbocycles. The van der Waals surface area contributed by atoms with Crippen LogP contribution in [0, 0.1) is 0 Å². The van der Waals surface area contributed by atoms with Crippen LogP contribution in [0.2, 0.25) is 5.02 Å². The van der Waals surface area contributed by atoms with Gasteiger partial charge in [-0.3, -0.25) is 0 Å². The van der Waals surface area contributed by atoms with Crippen molar-refractivity contribution in [2.45, 2.75) is 0 Å². The molecule has 0 unspecified atom stereocenters. The zero-order valence-electron chi connectivity index (χ0n) is 10.7. The third kappa shape index (κ3) is 2.41. The van der Waals surface area contributed by atoms with Gasteiger partial charge in [-0.05, 0) is 42.0 Å². The van der Waals surface area contributed by atoms with Gasteiger partial charge in [-0.2, -0.15) is 0 Å². The molecule has 3 rings (SSSR count). The first-order valence-corrected chi connectivity index (χ1v) is 7.69.